The van der Waals surface area contributed by atoms with E-state index in [1.54, 1.807) is 24.3 Å². The topological polar surface area (TPSA) is 114 Å². The lowest BCUT2D eigenvalue weighted by atomic mass is 10.2. The second kappa shape index (κ2) is 10.4. The van der Waals surface area contributed by atoms with Crippen LogP contribution in [0.25, 0.3) is 0 Å². The van der Waals surface area contributed by atoms with E-state index >= 15 is 0 Å². The number of ether oxygens (including phenoxy) is 1. The number of rotatable bonds is 8. The van der Waals surface area contributed by atoms with Crippen molar-refractivity contribution in [1.82, 2.24) is 5.32 Å². The van der Waals surface area contributed by atoms with Crippen molar-refractivity contribution in [3.05, 3.63) is 90.2 Å². The maximum absolute atomic E-state index is 13.1. The van der Waals surface area contributed by atoms with E-state index in [0.29, 0.717) is 0 Å². The quantitative estimate of drug-likeness (QED) is 0.479. The smallest absolute Gasteiger partial charge is 0.407 e. The Labute approximate surface area is 184 Å². The van der Waals surface area contributed by atoms with E-state index < -0.39 is 27.8 Å². The highest BCUT2D eigenvalue weighted by molar-refractivity contribution is 7.92. The predicted molar refractivity (Wildman–Crippen MR) is 117 cm³/mol. The fraction of sp³-hybridized carbons (Fsp3) is 0.0909. The van der Waals surface area contributed by atoms with E-state index in [0.717, 1.165) is 29.8 Å². The van der Waals surface area contributed by atoms with Crippen LogP contribution in [0.15, 0.2) is 83.8 Å². The second-order valence-corrected chi connectivity index (χ2v) is 8.25. The number of amides is 2. The SMILES string of the molecule is O=C(CNC(=O)OCc1ccccc1)Nc1ccccc1NS(=O)(=O)c1ccc(F)cc1. The number of halogens is 1. The third-order valence-electron chi connectivity index (χ3n) is 4.18. The molecule has 0 fully saturated rings. The van der Waals surface area contributed by atoms with Crippen molar-refractivity contribution in [2.24, 2.45) is 0 Å². The Morgan fingerprint density at radius 2 is 1.47 bits per heavy atom. The summed E-state index contributed by atoms with van der Waals surface area (Å²) in [6.07, 6.45) is -0.769. The standard InChI is InChI=1S/C22H20FN3O5S/c23-17-10-12-18(13-11-17)32(29,30)26-20-9-5-4-8-19(20)25-21(27)14-24-22(28)31-15-16-6-2-1-3-7-16/h1-13,26H,14-15H2,(H,24,28)(H,25,27). The summed E-state index contributed by atoms with van der Waals surface area (Å²) < 4.78 is 45.5. The van der Waals surface area contributed by atoms with Crippen LogP contribution in [0.4, 0.5) is 20.6 Å². The average molecular weight is 457 g/mol. The van der Waals surface area contributed by atoms with Crippen molar-refractivity contribution in [1.29, 1.82) is 0 Å². The molecule has 0 aliphatic rings. The van der Waals surface area contributed by atoms with Crippen LogP contribution in [-0.4, -0.2) is 27.0 Å². The lowest BCUT2D eigenvalue weighted by molar-refractivity contribution is -0.115. The van der Waals surface area contributed by atoms with E-state index in [1.807, 2.05) is 18.2 Å². The van der Waals surface area contributed by atoms with Crippen LogP contribution in [0.5, 0.6) is 0 Å². The average Bonchev–Trinajstić information content (AvgIpc) is 2.78. The first-order valence-corrected chi connectivity index (χ1v) is 10.9. The normalized spacial score (nSPS) is 10.8. The van der Waals surface area contributed by atoms with Gasteiger partial charge in [-0.3, -0.25) is 9.52 Å². The molecule has 166 valence electrons. The molecular formula is C22H20FN3O5S. The molecule has 0 bridgehead atoms. The fourth-order valence-electron chi connectivity index (χ4n) is 2.62. The van der Waals surface area contributed by atoms with Gasteiger partial charge in [0.1, 0.15) is 19.0 Å². The molecule has 8 nitrogen and oxygen atoms in total. The van der Waals surface area contributed by atoms with Gasteiger partial charge in [0.25, 0.3) is 10.0 Å². The molecule has 10 heteroatoms. The largest absolute Gasteiger partial charge is 0.445 e. The van der Waals surface area contributed by atoms with Crippen molar-refractivity contribution >= 4 is 33.4 Å². The summed E-state index contributed by atoms with van der Waals surface area (Å²) in [5.41, 5.74) is 1.09. The van der Waals surface area contributed by atoms with Gasteiger partial charge in [-0.1, -0.05) is 42.5 Å². The molecule has 0 atom stereocenters. The lowest BCUT2D eigenvalue weighted by Gasteiger charge is -2.14. The summed E-state index contributed by atoms with van der Waals surface area (Å²) in [7, 11) is -4.01. The van der Waals surface area contributed by atoms with E-state index in [9.17, 15) is 22.4 Å². The van der Waals surface area contributed by atoms with Crippen LogP contribution in [0.3, 0.4) is 0 Å². The molecular weight excluding hydrogens is 437 g/mol. The summed E-state index contributed by atoms with van der Waals surface area (Å²) in [5, 5.41) is 4.85. The van der Waals surface area contributed by atoms with Crippen LogP contribution in [0.2, 0.25) is 0 Å². The minimum Gasteiger partial charge on any atom is -0.445 e. The Kier molecular flexibility index (Phi) is 7.40. The maximum atomic E-state index is 13.1. The number of alkyl carbamates (subject to hydrolysis) is 1. The van der Waals surface area contributed by atoms with Crippen molar-refractivity contribution in [3.63, 3.8) is 0 Å². The summed E-state index contributed by atoms with van der Waals surface area (Å²) in [5.74, 6) is -1.15. The van der Waals surface area contributed by atoms with Gasteiger partial charge < -0.3 is 15.4 Å². The van der Waals surface area contributed by atoms with Gasteiger partial charge in [0.2, 0.25) is 5.91 Å². The molecule has 0 radical (unpaired) electrons. The van der Waals surface area contributed by atoms with E-state index in [-0.39, 0.29) is 29.4 Å². The number of anilines is 2. The highest BCUT2D eigenvalue weighted by Gasteiger charge is 2.17. The van der Waals surface area contributed by atoms with Crippen molar-refractivity contribution in [3.8, 4) is 0 Å². The van der Waals surface area contributed by atoms with Crippen LogP contribution in [0.1, 0.15) is 5.56 Å². The van der Waals surface area contributed by atoms with Crippen LogP contribution >= 0.6 is 0 Å². The molecule has 3 rings (SSSR count). The highest BCUT2D eigenvalue weighted by Crippen LogP contribution is 2.24. The molecule has 0 heterocycles. The summed E-state index contributed by atoms with van der Waals surface area (Å²) >= 11 is 0. The Bertz CT molecular complexity index is 1190. The monoisotopic (exact) mass is 457 g/mol. The summed E-state index contributed by atoms with van der Waals surface area (Å²) in [4.78, 5) is 23.9. The first-order chi connectivity index (χ1) is 15.3. The first-order valence-electron chi connectivity index (χ1n) is 9.45. The predicted octanol–water partition coefficient (Wildman–Crippen LogP) is 3.49. The molecule has 0 aliphatic carbocycles. The number of carbonyl (C=O) groups is 2. The lowest BCUT2D eigenvalue weighted by Crippen LogP contribution is -2.33. The molecule has 0 spiro atoms. The number of para-hydroxylation sites is 2. The van der Waals surface area contributed by atoms with Gasteiger partial charge in [0, 0.05) is 0 Å². The molecule has 0 aliphatic heterocycles. The molecule has 3 N–H and O–H groups in total. The first kappa shape index (κ1) is 22.8. The molecule has 0 saturated heterocycles. The Morgan fingerprint density at radius 3 is 2.16 bits per heavy atom. The Balaban J connectivity index is 1.56. The zero-order chi connectivity index (χ0) is 23.0. The maximum Gasteiger partial charge on any atom is 0.407 e. The zero-order valence-electron chi connectivity index (χ0n) is 16.7. The van der Waals surface area contributed by atoms with E-state index in [2.05, 4.69) is 15.4 Å². The van der Waals surface area contributed by atoms with Gasteiger partial charge in [0.05, 0.1) is 16.3 Å². The van der Waals surface area contributed by atoms with Crippen LogP contribution in [-0.2, 0) is 26.2 Å². The number of hydrogen-bond donors (Lipinski definition) is 3. The fourth-order valence-corrected chi connectivity index (χ4v) is 3.70. The molecule has 2 amide bonds. The Morgan fingerprint density at radius 1 is 0.844 bits per heavy atom. The van der Waals surface area contributed by atoms with Gasteiger partial charge in [-0.15, -0.1) is 0 Å². The number of carbonyl (C=O) groups excluding carboxylic acids is 2. The highest BCUT2D eigenvalue weighted by atomic mass is 32.2. The summed E-state index contributed by atoms with van der Waals surface area (Å²) in [6.45, 7) is -0.324. The number of nitrogens with one attached hydrogen (secondary N) is 3. The molecule has 0 aromatic heterocycles. The third kappa shape index (κ3) is 6.54. The molecule has 0 unspecified atom stereocenters. The van der Waals surface area contributed by atoms with Crippen LogP contribution in [0, 0.1) is 5.82 Å². The van der Waals surface area contributed by atoms with Gasteiger partial charge in [-0.05, 0) is 42.0 Å². The minimum absolute atomic E-state index is 0.0578. The number of sulfonamides is 1. The summed E-state index contributed by atoms with van der Waals surface area (Å²) in [6, 6.07) is 19.5. The van der Waals surface area contributed by atoms with Gasteiger partial charge in [0.15, 0.2) is 0 Å². The molecule has 3 aromatic carbocycles. The molecule has 3 aromatic rings. The minimum atomic E-state index is -4.01. The van der Waals surface area contributed by atoms with Gasteiger partial charge in [-0.25, -0.2) is 17.6 Å². The zero-order valence-corrected chi connectivity index (χ0v) is 17.6. The Hall–Kier alpha value is -3.92. The van der Waals surface area contributed by atoms with Crippen molar-refractivity contribution in [2.75, 3.05) is 16.6 Å². The van der Waals surface area contributed by atoms with E-state index in [1.165, 1.54) is 12.1 Å². The number of benzene rings is 3. The second-order valence-electron chi connectivity index (χ2n) is 6.57. The van der Waals surface area contributed by atoms with E-state index in [4.69, 9.17) is 4.74 Å². The van der Waals surface area contributed by atoms with Gasteiger partial charge >= 0.3 is 6.09 Å². The third-order valence-corrected chi connectivity index (χ3v) is 5.56. The number of hydrogen-bond acceptors (Lipinski definition) is 5. The van der Waals surface area contributed by atoms with Crippen molar-refractivity contribution in [2.45, 2.75) is 11.5 Å². The van der Waals surface area contributed by atoms with Crippen LogP contribution < -0.4 is 15.4 Å². The molecule has 0 saturated carbocycles. The molecule has 32 heavy (non-hydrogen) atoms. The van der Waals surface area contributed by atoms with Crippen molar-refractivity contribution < 1.29 is 27.1 Å². The van der Waals surface area contributed by atoms with Gasteiger partial charge in [-0.2, -0.15) is 0 Å².